The smallest absolute Gasteiger partial charge is 0.255 e. The van der Waals surface area contributed by atoms with E-state index in [1.807, 2.05) is 0 Å². The van der Waals surface area contributed by atoms with Crippen LogP contribution in [0.5, 0.6) is 5.75 Å². The van der Waals surface area contributed by atoms with Gasteiger partial charge in [-0.3, -0.25) is 14.4 Å². The van der Waals surface area contributed by atoms with Crippen molar-refractivity contribution in [3.05, 3.63) is 88.5 Å². The van der Waals surface area contributed by atoms with E-state index >= 15 is 0 Å². The molecule has 1 amide bonds. The van der Waals surface area contributed by atoms with Crippen LogP contribution in [0.15, 0.2) is 60.7 Å². The average molecular weight is 372 g/mol. The SMILES string of the molecule is COc1cc(NC(=O)c2ccccc2)c2c(c1N)C(=O)c1ccccc1C2=O. The van der Waals surface area contributed by atoms with E-state index in [2.05, 4.69) is 5.32 Å². The molecule has 138 valence electrons. The van der Waals surface area contributed by atoms with Gasteiger partial charge in [0.1, 0.15) is 5.75 Å². The Labute approximate surface area is 160 Å². The predicted octanol–water partition coefficient (Wildman–Crippen LogP) is 3.31. The summed E-state index contributed by atoms with van der Waals surface area (Å²) in [5.41, 5.74) is 7.48. The highest BCUT2D eigenvalue weighted by atomic mass is 16.5. The molecule has 3 aromatic carbocycles. The lowest BCUT2D eigenvalue weighted by molar-refractivity contribution is 0.0979. The van der Waals surface area contributed by atoms with Gasteiger partial charge in [0.2, 0.25) is 0 Å². The second-order valence-corrected chi connectivity index (χ2v) is 6.31. The van der Waals surface area contributed by atoms with Crippen LogP contribution in [0, 0.1) is 0 Å². The van der Waals surface area contributed by atoms with Crippen molar-refractivity contribution in [1.82, 2.24) is 0 Å². The highest BCUT2D eigenvalue weighted by Gasteiger charge is 2.35. The van der Waals surface area contributed by atoms with Gasteiger partial charge < -0.3 is 15.8 Å². The molecule has 4 rings (SSSR count). The van der Waals surface area contributed by atoms with Gasteiger partial charge in [-0.2, -0.15) is 0 Å². The summed E-state index contributed by atoms with van der Waals surface area (Å²) < 4.78 is 5.27. The zero-order valence-corrected chi connectivity index (χ0v) is 15.0. The number of amides is 1. The van der Waals surface area contributed by atoms with Crippen molar-refractivity contribution in [2.24, 2.45) is 0 Å². The third-order valence-corrected chi connectivity index (χ3v) is 4.70. The Bertz CT molecular complexity index is 1140. The van der Waals surface area contributed by atoms with Gasteiger partial charge in [-0.25, -0.2) is 0 Å². The summed E-state index contributed by atoms with van der Waals surface area (Å²) in [6.45, 7) is 0. The number of nitrogen functional groups attached to an aromatic ring is 1. The molecule has 0 bridgehead atoms. The zero-order chi connectivity index (χ0) is 19.8. The number of benzene rings is 3. The molecule has 0 aromatic heterocycles. The summed E-state index contributed by atoms with van der Waals surface area (Å²) in [7, 11) is 1.41. The number of hydrogen-bond donors (Lipinski definition) is 2. The third kappa shape index (κ3) is 2.63. The first kappa shape index (κ1) is 17.5. The highest BCUT2D eigenvalue weighted by Crippen LogP contribution is 2.40. The fourth-order valence-electron chi connectivity index (χ4n) is 3.35. The Kier molecular flexibility index (Phi) is 4.16. The summed E-state index contributed by atoms with van der Waals surface area (Å²) in [6, 6.07) is 16.6. The van der Waals surface area contributed by atoms with Crippen molar-refractivity contribution in [2.45, 2.75) is 0 Å². The second-order valence-electron chi connectivity index (χ2n) is 6.31. The average Bonchev–Trinajstić information content (AvgIpc) is 2.73. The third-order valence-electron chi connectivity index (χ3n) is 4.70. The van der Waals surface area contributed by atoms with Crippen molar-refractivity contribution in [3.8, 4) is 5.75 Å². The summed E-state index contributed by atoms with van der Waals surface area (Å²) in [5, 5.41) is 2.72. The molecule has 1 aliphatic rings. The van der Waals surface area contributed by atoms with Gasteiger partial charge in [0.25, 0.3) is 5.91 Å². The first-order valence-corrected chi connectivity index (χ1v) is 8.58. The monoisotopic (exact) mass is 372 g/mol. The van der Waals surface area contributed by atoms with Crippen molar-refractivity contribution >= 4 is 28.8 Å². The molecule has 0 heterocycles. The maximum absolute atomic E-state index is 13.1. The molecule has 0 radical (unpaired) electrons. The van der Waals surface area contributed by atoms with Crippen LogP contribution >= 0.6 is 0 Å². The molecular formula is C22H16N2O4. The molecule has 0 saturated carbocycles. The minimum atomic E-state index is -0.409. The van der Waals surface area contributed by atoms with E-state index in [1.165, 1.54) is 13.2 Å². The number of anilines is 2. The molecule has 1 aliphatic carbocycles. The van der Waals surface area contributed by atoms with Gasteiger partial charge >= 0.3 is 0 Å². The summed E-state index contributed by atoms with van der Waals surface area (Å²) >= 11 is 0. The normalized spacial score (nSPS) is 12.2. The first-order chi connectivity index (χ1) is 13.5. The number of rotatable bonds is 3. The topological polar surface area (TPSA) is 98.5 Å². The second kappa shape index (κ2) is 6.66. The van der Waals surface area contributed by atoms with Crippen LogP contribution in [-0.4, -0.2) is 24.6 Å². The van der Waals surface area contributed by atoms with Gasteiger partial charge in [0.05, 0.1) is 29.6 Å². The van der Waals surface area contributed by atoms with Crippen LogP contribution in [0.4, 0.5) is 11.4 Å². The Morgan fingerprint density at radius 3 is 2.07 bits per heavy atom. The maximum atomic E-state index is 13.1. The molecule has 6 heteroatoms. The summed E-state index contributed by atoms with van der Waals surface area (Å²) in [5.74, 6) is -0.948. The lowest BCUT2D eigenvalue weighted by Gasteiger charge is -2.23. The number of ketones is 2. The van der Waals surface area contributed by atoms with Gasteiger partial charge in [-0.15, -0.1) is 0 Å². The first-order valence-electron chi connectivity index (χ1n) is 8.58. The quantitative estimate of drug-likeness (QED) is 0.538. The number of nitrogens with one attached hydrogen (secondary N) is 1. The van der Waals surface area contributed by atoms with E-state index in [-0.39, 0.29) is 50.9 Å². The van der Waals surface area contributed by atoms with Crippen LogP contribution in [0.1, 0.15) is 42.2 Å². The Hall–Kier alpha value is -3.93. The fourth-order valence-corrected chi connectivity index (χ4v) is 3.35. The number of carbonyl (C=O) groups is 3. The number of nitrogens with two attached hydrogens (primary N) is 1. The summed E-state index contributed by atoms with van der Waals surface area (Å²) in [6.07, 6.45) is 0. The molecule has 28 heavy (non-hydrogen) atoms. The minimum Gasteiger partial charge on any atom is -0.494 e. The van der Waals surface area contributed by atoms with E-state index in [1.54, 1.807) is 54.6 Å². The van der Waals surface area contributed by atoms with Gasteiger partial charge in [0.15, 0.2) is 11.6 Å². The molecule has 0 fully saturated rings. The number of fused-ring (bicyclic) bond motifs is 2. The zero-order valence-electron chi connectivity index (χ0n) is 15.0. The molecular weight excluding hydrogens is 356 g/mol. The maximum Gasteiger partial charge on any atom is 0.255 e. The van der Waals surface area contributed by atoms with Crippen molar-refractivity contribution in [3.63, 3.8) is 0 Å². The molecule has 0 atom stereocenters. The molecule has 3 aromatic rings. The number of ether oxygens (including phenoxy) is 1. The van der Waals surface area contributed by atoms with E-state index in [0.29, 0.717) is 5.56 Å². The van der Waals surface area contributed by atoms with Crippen LogP contribution < -0.4 is 15.8 Å². The van der Waals surface area contributed by atoms with Crippen molar-refractivity contribution in [2.75, 3.05) is 18.2 Å². The Balaban J connectivity index is 1.90. The van der Waals surface area contributed by atoms with Crippen LogP contribution in [-0.2, 0) is 0 Å². The van der Waals surface area contributed by atoms with Crippen LogP contribution in [0.2, 0.25) is 0 Å². The van der Waals surface area contributed by atoms with Crippen molar-refractivity contribution in [1.29, 1.82) is 0 Å². The van der Waals surface area contributed by atoms with E-state index < -0.39 is 5.91 Å². The van der Waals surface area contributed by atoms with E-state index in [0.717, 1.165) is 0 Å². The van der Waals surface area contributed by atoms with Crippen LogP contribution in [0.25, 0.3) is 0 Å². The predicted molar refractivity (Wildman–Crippen MR) is 105 cm³/mol. The largest absolute Gasteiger partial charge is 0.494 e. The number of hydrogen-bond acceptors (Lipinski definition) is 5. The number of methoxy groups -OCH3 is 1. The van der Waals surface area contributed by atoms with Crippen LogP contribution in [0.3, 0.4) is 0 Å². The standard InChI is InChI=1S/C22H16N2O4/c1-28-16-11-15(24-22(27)12-7-3-2-4-8-12)17-18(19(16)23)21(26)14-10-6-5-9-13(14)20(17)25/h2-11H,23H2,1H3,(H,24,27). The van der Waals surface area contributed by atoms with Gasteiger partial charge in [-0.05, 0) is 12.1 Å². The summed E-state index contributed by atoms with van der Waals surface area (Å²) in [4.78, 5) is 38.8. The Morgan fingerprint density at radius 2 is 1.46 bits per heavy atom. The van der Waals surface area contributed by atoms with E-state index in [9.17, 15) is 14.4 Å². The fraction of sp³-hybridized carbons (Fsp3) is 0.0455. The highest BCUT2D eigenvalue weighted by molar-refractivity contribution is 6.32. The lowest BCUT2D eigenvalue weighted by Crippen LogP contribution is -2.25. The molecule has 0 unspecified atom stereocenters. The molecule has 0 saturated heterocycles. The van der Waals surface area contributed by atoms with Gasteiger partial charge in [-0.1, -0.05) is 42.5 Å². The molecule has 0 aliphatic heterocycles. The minimum absolute atomic E-state index is 0.0476. The Morgan fingerprint density at radius 1 is 0.893 bits per heavy atom. The van der Waals surface area contributed by atoms with E-state index in [4.69, 9.17) is 10.5 Å². The lowest BCUT2D eigenvalue weighted by atomic mass is 9.82. The van der Waals surface area contributed by atoms with Gasteiger partial charge in [0, 0.05) is 22.8 Å². The molecule has 6 nitrogen and oxygen atoms in total. The molecule has 0 spiro atoms. The number of carbonyl (C=O) groups excluding carboxylic acids is 3. The van der Waals surface area contributed by atoms with Crippen molar-refractivity contribution < 1.29 is 19.1 Å². The molecule has 3 N–H and O–H groups in total.